The Kier molecular flexibility index (Phi) is 35.2. The summed E-state index contributed by atoms with van der Waals surface area (Å²) in [4.78, 5) is 37.1. The molecule has 0 bridgehead atoms. The van der Waals surface area contributed by atoms with Crippen LogP contribution in [0.25, 0.3) is 0 Å². The number of esters is 2. The molecular weight excluding hydrogens is 701 g/mol. The van der Waals surface area contributed by atoms with Gasteiger partial charge in [0.05, 0.1) is 27.7 Å². The largest absolute Gasteiger partial charge is 0.756 e. The van der Waals surface area contributed by atoms with Gasteiger partial charge in [0.25, 0.3) is 7.82 Å². The fourth-order valence-corrected chi connectivity index (χ4v) is 6.26. The summed E-state index contributed by atoms with van der Waals surface area (Å²) in [6.07, 6.45) is 41.9. The van der Waals surface area contributed by atoms with Crippen LogP contribution in [0.2, 0.25) is 0 Å². The normalized spacial score (nSPS) is 14.1. The van der Waals surface area contributed by atoms with Crippen LogP contribution in [0.1, 0.15) is 168 Å². The van der Waals surface area contributed by atoms with Crippen molar-refractivity contribution in [1.82, 2.24) is 0 Å². The Morgan fingerprint density at radius 1 is 0.593 bits per heavy atom. The zero-order valence-corrected chi connectivity index (χ0v) is 36.0. The molecule has 0 aliphatic heterocycles. The minimum absolute atomic E-state index is 0.0318. The number of allylic oxidation sites excluding steroid dienone is 8. The van der Waals surface area contributed by atoms with E-state index in [4.69, 9.17) is 18.5 Å². The van der Waals surface area contributed by atoms with E-state index in [1.54, 1.807) is 0 Å². The van der Waals surface area contributed by atoms with E-state index in [2.05, 4.69) is 62.5 Å². The molecule has 10 heteroatoms. The third-order valence-corrected chi connectivity index (χ3v) is 9.83. The van der Waals surface area contributed by atoms with Crippen molar-refractivity contribution >= 4 is 19.8 Å². The number of carbonyl (C=O) groups is 2. The Morgan fingerprint density at radius 3 is 1.57 bits per heavy atom. The van der Waals surface area contributed by atoms with Crippen molar-refractivity contribution in [1.29, 1.82) is 0 Å². The number of rotatable bonds is 38. The van der Waals surface area contributed by atoms with Gasteiger partial charge >= 0.3 is 11.9 Å². The molecule has 0 aromatic heterocycles. The molecule has 0 fully saturated rings. The second kappa shape index (κ2) is 36.6. The summed E-state index contributed by atoms with van der Waals surface area (Å²) in [7, 11) is 1.16. The van der Waals surface area contributed by atoms with Gasteiger partial charge in [-0.1, -0.05) is 152 Å². The van der Waals surface area contributed by atoms with Gasteiger partial charge in [-0.2, -0.15) is 0 Å². The number of quaternary nitrogens is 1. The highest BCUT2D eigenvalue weighted by Crippen LogP contribution is 2.38. The summed E-state index contributed by atoms with van der Waals surface area (Å²) >= 11 is 0. The lowest BCUT2D eigenvalue weighted by molar-refractivity contribution is -0.870. The highest BCUT2D eigenvalue weighted by atomic mass is 31.2. The van der Waals surface area contributed by atoms with Gasteiger partial charge in [-0.3, -0.25) is 14.2 Å². The Bertz CT molecular complexity index is 1070. The average molecular weight is 782 g/mol. The molecule has 0 N–H and O–H groups in total. The van der Waals surface area contributed by atoms with Crippen LogP contribution in [0.15, 0.2) is 48.6 Å². The Hall–Kier alpha value is -2.03. The van der Waals surface area contributed by atoms with E-state index >= 15 is 0 Å². The fourth-order valence-electron chi connectivity index (χ4n) is 5.53. The van der Waals surface area contributed by atoms with Gasteiger partial charge < -0.3 is 27.9 Å². The number of phosphoric ester groups is 1. The van der Waals surface area contributed by atoms with E-state index in [0.717, 1.165) is 77.0 Å². The molecule has 0 heterocycles. The van der Waals surface area contributed by atoms with Gasteiger partial charge in [-0.05, 0) is 51.4 Å². The molecule has 0 aliphatic carbocycles. The Morgan fingerprint density at radius 2 is 1.06 bits per heavy atom. The molecule has 0 amide bonds. The highest BCUT2D eigenvalue weighted by Gasteiger charge is 2.21. The van der Waals surface area contributed by atoms with Crippen molar-refractivity contribution in [2.45, 2.75) is 174 Å². The number of carbonyl (C=O) groups excluding carboxylic acids is 2. The summed E-state index contributed by atoms with van der Waals surface area (Å²) in [5.41, 5.74) is 0. The molecule has 314 valence electrons. The van der Waals surface area contributed by atoms with Gasteiger partial charge in [0.1, 0.15) is 19.8 Å². The second-order valence-corrected chi connectivity index (χ2v) is 16.7. The first-order valence-corrected chi connectivity index (χ1v) is 22.8. The average Bonchev–Trinajstić information content (AvgIpc) is 3.12. The molecule has 0 aromatic rings. The lowest BCUT2D eigenvalue weighted by Crippen LogP contribution is -2.37. The molecule has 0 saturated heterocycles. The van der Waals surface area contributed by atoms with Gasteiger partial charge in [-0.25, -0.2) is 0 Å². The predicted octanol–water partition coefficient (Wildman–Crippen LogP) is 11.3. The molecule has 0 spiro atoms. The summed E-state index contributed by atoms with van der Waals surface area (Å²) in [5.74, 6) is -0.852. The second-order valence-electron chi connectivity index (χ2n) is 15.3. The molecule has 0 saturated carbocycles. The first-order chi connectivity index (χ1) is 26.0. The van der Waals surface area contributed by atoms with E-state index < -0.39 is 32.5 Å². The Balaban J connectivity index is 4.08. The summed E-state index contributed by atoms with van der Waals surface area (Å²) < 4.78 is 33.6. The standard InChI is InChI=1S/C44H80NO8P/c1-6-8-10-12-13-14-15-16-17-18-19-20-21-22-23-24-25-26-27-28-29-30-31-33-35-37-44(47)53-42(40-50-43(46)36-34-32-11-9-7-2)41-52-54(48,49)51-39-38-45(3,4)5/h8,10,13-14,16-17,19-20,42H,6-7,9,11-12,15,18,21-41H2,1-5H3/b10-8-,14-13-,17-16-,20-19-. The van der Waals surface area contributed by atoms with Gasteiger partial charge in [0, 0.05) is 12.8 Å². The molecule has 54 heavy (non-hydrogen) atoms. The number of unbranched alkanes of at least 4 members (excludes halogenated alkanes) is 16. The van der Waals surface area contributed by atoms with Crippen molar-refractivity contribution in [3.8, 4) is 0 Å². The van der Waals surface area contributed by atoms with Crippen LogP contribution >= 0.6 is 7.82 Å². The summed E-state index contributed by atoms with van der Waals surface area (Å²) in [6.45, 7) is 4.00. The van der Waals surface area contributed by atoms with Gasteiger partial charge in [0.2, 0.25) is 0 Å². The maximum Gasteiger partial charge on any atom is 0.306 e. The highest BCUT2D eigenvalue weighted by molar-refractivity contribution is 7.45. The molecule has 0 aromatic carbocycles. The van der Waals surface area contributed by atoms with Crippen LogP contribution in [0, 0.1) is 0 Å². The van der Waals surface area contributed by atoms with Crippen LogP contribution in [0.3, 0.4) is 0 Å². The predicted molar refractivity (Wildman–Crippen MR) is 222 cm³/mol. The van der Waals surface area contributed by atoms with Crippen molar-refractivity contribution in [3.05, 3.63) is 48.6 Å². The number of likely N-dealkylation sites (N-methyl/N-ethyl adjacent to an activating group) is 1. The van der Waals surface area contributed by atoms with E-state index in [0.29, 0.717) is 17.4 Å². The zero-order chi connectivity index (χ0) is 40.0. The van der Waals surface area contributed by atoms with Crippen molar-refractivity contribution in [3.63, 3.8) is 0 Å². The van der Waals surface area contributed by atoms with E-state index in [1.165, 1.54) is 57.8 Å². The monoisotopic (exact) mass is 782 g/mol. The molecule has 0 radical (unpaired) electrons. The molecule has 0 aliphatic rings. The van der Waals surface area contributed by atoms with Crippen LogP contribution in [-0.4, -0.2) is 70.0 Å². The summed E-state index contributed by atoms with van der Waals surface area (Å²) in [5, 5.41) is 0. The lowest BCUT2D eigenvalue weighted by Gasteiger charge is -2.28. The SMILES string of the molecule is CC/C=C\C/C=C\C/C=C\C/C=C\CCCCCCCCCCCCCCC(=O)OC(COC(=O)CCCCCCC)COP(=O)([O-])OCC[N+](C)(C)C. The van der Waals surface area contributed by atoms with Gasteiger partial charge in [0.15, 0.2) is 6.10 Å². The fraction of sp³-hybridized carbons (Fsp3) is 0.773. The first kappa shape index (κ1) is 52.0. The molecular formula is C44H80NO8P. The topological polar surface area (TPSA) is 111 Å². The summed E-state index contributed by atoms with van der Waals surface area (Å²) in [6, 6.07) is 0. The number of nitrogens with zero attached hydrogens (tertiary/aromatic N) is 1. The van der Waals surface area contributed by atoms with Gasteiger partial charge in [-0.15, -0.1) is 0 Å². The zero-order valence-electron chi connectivity index (χ0n) is 35.2. The minimum atomic E-state index is -4.61. The van der Waals surface area contributed by atoms with Crippen molar-refractivity contribution in [2.24, 2.45) is 0 Å². The Labute approximate surface area is 331 Å². The third-order valence-electron chi connectivity index (χ3n) is 8.86. The maximum absolute atomic E-state index is 12.6. The van der Waals surface area contributed by atoms with E-state index in [-0.39, 0.29) is 26.1 Å². The number of phosphoric acid groups is 1. The minimum Gasteiger partial charge on any atom is -0.756 e. The van der Waals surface area contributed by atoms with Crippen molar-refractivity contribution < 1.29 is 42.1 Å². The molecule has 2 unspecified atom stereocenters. The maximum atomic E-state index is 12.6. The number of hydrogen-bond acceptors (Lipinski definition) is 8. The molecule has 9 nitrogen and oxygen atoms in total. The smallest absolute Gasteiger partial charge is 0.306 e. The molecule has 0 rings (SSSR count). The number of hydrogen-bond donors (Lipinski definition) is 0. The van der Waals surface area contributed by atoms with Crippen molar-refractivity contribution in [2.75, 3.05) is 47.5 Å². The number of ether oxygens (including phenoxy) is 2. The molecule has 2 atom stereocenters. The lowest BCUT2D eigenvalue weighted by atomic mass is 10.0. The quantitative estimate of drug-likeness (QED) is 0.0200. The third kappa shape index (κ3) is 39.7. The van der Waals surface area contributed by atoms with E-state index in [9.17, 15) is 19.0 Å². The van der Waals surface area contributed by atoms with Crippen LogP contribution in [0.4, 0.5) is 0 Å². The van der Waals surface area contributed by atoms with Crippen LogP contribution in [0.5, 0.6) is 0 Å². The van der Waals surface area contributed by atoms with E-state index in [1.807, 2.05) is 21.1 Å². The first-order valence-electron chi connectivity index (χ1n) is 21.3. The van der Waals surface area contributed by atoms with Crippen LogP contribution in [-0.2, 0) is 32.7 Å². The van der Waals surface area contributed by atoms with Crippen LogP contribution < -0.4 is 4.89 Å².